The lowest BCUT2D eigenvalue weighted by Gasteiger charge is -2.39. The summed E-state index contributed by atoms with van der Waals surface area (Å²) in [5, 5.41) is 3.32. The quantitative estimate of drug-likeness (QED) is 0.841. The number of nitrogens with one attached hydrogen (secondary N) is 1. The zero-order valence-electron chi connectivity index (χ0n) is 16.1. The molecule has 0 aromatic carbocycles. The second-order valence-corrected chi connectivity index (χ2v) is 7.85. The van der Waals surface area contributed by atoms with Crippen molar-refractivity contribution in [3.05, 3.63) is 52.1 Å². The highest BCUT2D eigenvalue weighted by atomic mass is 16.5. The van der Waals surface area contributed by atoms with Crippen LogP contribution in [0.4, 0.5) is 0 Å². The third-order valence-electron chi connectivity index (χ3n) is 4.94. The molecular weight excluding hydrogens is 328 g/mol. The molecule has 0 unspecified atom stereocenters. The minimum absolute atomic E-state index is 0.0753. The van der Waals surface area contributed by atoms with E-state index in [9.17, 15) is 9.59 Å². The van der Waals surface area contributed by atoms with Crippen LogP contribution in [-0.2, 0) is 14.3 Å². The van der Waals surface area contributed by atoms with Crippen LogP contribution in [-0.4, -0.2) is 23.3 Å². The molecule has 5 nitrogen and oxygen atoms in total. The maximum atomic E-state index is 13.0. The number of aromatic nitrogens is 1. The summed E-state index contributed by atoms with van der Waals surface area (Å²) >= 11 is 0. The summed E-state index contributed by atoms with van der Waals surface area (Å²) in [4.78, 5) is 30.4. The molecule has 26 heavy (non-hydrogen) atoms. The van der Waals surface area contributed by atoms with Gasteiger partial charge in [0.15, 0.2) is 5.78 Å². The van der Waals surface area contributed by atoms with E-state index in [1.807, 2.05) is 32.0 Å². The van der Waals surface area contributed by atoms with Gasteiger partial charge in [0.2, 0.25) is 0 Å². The van der Waals surface area contributed by atoms with Crippen molar-refractivity contribution in [2.75, 3.05) is 6.61 Å². The first-order valence-corrected chi connectivity index (χ1v) is 9.08. The monoisotopic (exact) mass is 354 g/mol. The predicted octanol–water partition coefficient (Wildman–Crippen LogP) is 3.56. The number of carbonyl (C=O) groups excluding carboxylic acids is 2. The maximum absolute atomic E-state index is 13.0. The zero-order valence-corrected chi connectivity index (χ0v) is 16.1. The average Bonchev–Trinajstić information content (AvgIpc) is 2.52. The van der Waals surface area contributed by atoms with Crippen LogP contribution >= 0.6 is 0 Å². The van der Waals surface area contributed by atoms with E-state index in [4.69, 9.17) is 4.74 Å². The summed E-state index contributed by atoms with van der Waals surface area (Å²) in [5.74, 6) is -0.796. The van der Waals surface area contributed by atoms with Gasteiger partial charge in [0.1, 0.15) is 0 Å². The van der Waals surface area contributed by atoms with Crippen molar-refractivity contribution in [1.82, 2.24) is 10.3 Å². The molecule has 1 aliphatic carbocycles. The number of ketones is 1. The van der Waals surface area contributed by atoms with Gasteiger partial charge in [-0.15, -0.1) is 0 Å². The third kappa shape index (κ3) is 3.30. The zero-order chi connectivity index (χ0) is 19.1. The number of ether oxygens (including phenoxy) is 1. The number of hydrogen-bond acceptors (Lipinski definition) is 5. The molecule has 0 amide bonds. The number of Topliss-reactive ketones (excluding diaryl/α,β-unsaturated/α-hetero) is 1. The first-order valence-electron chi connectivity index (χ1n) is 9.08. The van der Waals surface area contributed by atoms with Gasteiger partial charge in [-0.3, -0.25) is 9.78 Å². The van der Waals surface area contributed by atoms with Crippen LogP contribution in [0.2, 0.25) is 0 Å². The SMILES string of the molecule is CCOC(=O)C1=C(C)NC2=C(C(=O)CC(C)(C)C2)[C@@H]1c1cccc(C)n1. The van der Waals surface area contributed by atoms with Crippen molar-refractivity contribution >= 4 is 11.8 Å². The van der Waals surface area contributed by atoms with E-state index in [1.54, 1.807) is 6.92 Å². The number of allylic oxidation sites excluding steroid dienone is 3. The molecule has 2 heterocycles. The van der Waals surface area contributed by atoms with Gasteiger partial charge in [0.25, 0.3) is 0 Å². The molecule has 1 aliphatic heterocycles. The molecule has 5 heteroatoms. The van der Waals surface area contributed by atoms with Gasteiger partial charge in [-0.1, -0.05) is 19.9 Å². The number of esters is 1. The van der Waals surface area contributed by atoms with E-state index >= 15 is 0 Å². The number of carbonyl (C=O) groups is 2. The molecule has 0 saturated heterocycles. The molecule has 0 bridgehead atoms. The van der Waals surface area contributed by atoms with Crippen molar-refractivity contribution in [2.24, 2.45) is 5.41 Å². The molecule has 3 rings (SSSR count). The highest BCUT2D eigenvalue weighted by Gasteiger charge is 2.43. The smallest absolute Gasteiger partial charge is 0.336 e. The molecule has 2 aliphatic rings. The maximum Gasteiger partial charge on any atom is 0.336 e. The van der Waals surface area contributed by atoms with Crippen molar-refractivity contribution in [3.63, 3.8) is 0 Å². The minimum atomic E-state index is -0.478. The summed E-state index contributed by atoms with van der Waals surface area (Å²) in [5.41, 5.74) is 4.26. The molecule has 0 spiro atoms. The van der Waals surface area contributed by atoms with Gasteiger partial charge in [0, 0.05) is 29.1 Å². The highest BCUT2D eigenvalue weighted by molar-refractivity contribution is 6.04. The fraction of sp³-hybridized carbons (Fsp3) is 0.476. The average molecular weight is 354 g/mol. The first-order chi connectivity index (χ1) is 12.2. The van der Waals surface area contributed by atoms with Crippen molar-refractivity contribution < 1.29 is 14.3 Å². The van der Waals surface area contributed by atoms with Crippen LogP contribution in [0, 0.1) is 12.3 Å². The van der Waals surface area contributed by atoms with Crippen LogP contribution in [0.15, 0.2) is 40.7 Å². The molecule has 1 aromatic heterocycles. The predicted molar refractivity (Wildman–Crippen MR) is 99.2 cm³/mol. The summed E-state index contributed by atoms with van der Waals surface area (Å²) < 4.78 is 5.29. The lowest BCUT2D eigenvalue weighted by molar-refractivity contribution is -0.138. The van der Waals surface area contributed by atoms with Crippen LogP contribution in [0.25, 0.3) is 0 Å². The fourth-order valence-corrected chi connectivity index (χ4v) is 3.94. The lowest BCUT2D eigenvalue weighted by atomic mass is 9.69. The summed E-state index contributed by atoms with van der Waals surface area (Å²) in [6.07, 6.45) is 1.23. The molecule has 1 aromatic rings. The molecule has 138 valence electrons. The number of rotatable bonds is 3. The third-order valence-corrected chi connectivity index (χ3v) is 4.94. The Morgan fingerprint density at radius 3 is 2.69 bits per heavy atom. The highest BCUT2D eigenvalue weighted by Crippen LogP contribution is 2.46. The van der Waals surface area contributed by atoms with Gasteiger partial charge in [-0.2, -0.15) is 0 Å². The first kappa shape index (κ1) is 18.4. The van der Waals surface area contributed by atoms with E-state index in [-0.39, 0.29) is 17.8 Å². The normalized spacial score (nSPS) is 22.0. The number of hydrogen-bond donors (Lipinski definition) is 1. The number of dihydropyridines is 1. The number of nitrogens with zero attached hydrogens (tertiary/aromatic N) is 1. The van der Waals surface area contributed by atoms with Gasteiger partial charge in [-0.25, -0.2) is 4.79 Å². The van der Waals surface area contributed by atoms with Crippen LogP contribution in [0.5, 0.6) is 0 Å². The van der Waals surface area contributed by atoms with Crippen molar-refractivity contribution in [1.29, 1.82) is 0 Å². The Labute approximate surface area is 154 Å². The van der Waals surface area contributed by atoms with Gasteiger partial charge < -0.3 is 10.1 Å². The molecule has 0 saturated carbocycles. The lowest BCUT2D eigenvalue weighted by Crippen LogP contribution is -2.39. The standard InChI is InChI=1S/C21H26N2O3/c1-6-26-20(25)17-13(3)23-15-10-21(4,5)11-16(24)18(15)19(17)14-9-7-8-12(2)22-14/h7-9,19,23H,6,10-11H2,1-5H3/t19-/m1/s1. The Balaban J connectivity index is 2.18. The summed E-state index contributed by atoms with van der Waals surface area (Å²) in [7, 11) is 0. The van der Waals surface area contributed by atoms with Crippen LogP contribution < -0.4 is 5.32 Å². The topological polar surface area (TPSA) is 68.3 Å². The Morgan fingerprint density at radius 2 is 2.04 bits per heavy atom. The van der Waals surface area contributed by atoms with Crippen LogP contribution in [0.1, 0.15) is 57.8 Å². The molecule has 1 atom stereocenters. The Kier molecular flexibility index (Phi) is 4.74. The summed E-state index contributed by atoms with van der Waals surface area (Å²) in [6, 6.07) is 5.70. The fourth-order valence-electron chi connectivity index (χ4n) is 3.94. The van der Waals surface area contributed by atoms with E-state index in [0.717, 1.165) is 29.2 Å². The molecule has 0 fully saturated rings. The van der Waals surface area contributed by atoms with E-state index in [1.165, 1.54) is 0 Å². The van der Waals surface area contributed by atoms with E-state index < -0.39 is 11.9 Å². The van der Waals surface area contributed by atoms with Gasteiger partial charge >= 0.3 is 5.97 Å². The second kappa shape index (κ2) is 6.71. The number of aryl methyl sites for hydroxylation is 1. The number of pyridine rings is 1. The Hall–Kier alpha value is -2.43. The van der Waals surface area contributed by atoms with E-state index in [0.29, 0.717) is 17.6 Å². The molecular formula is C21H26N2O3. The van der Waals surface area contributed by atoms with Gasteiger partial charge in [0.05, 0.1) is 23.8 Å². The Bertz CT molecular complexity index is 833. The van der Waals surface area contributed by atoms with Crippen molar-refractivity contribution in [2.45, 2.75) is 53.4 Å². The minimum Gasteiger partial charge on any atom is -0.463 e. The van der Waals surface area contributed by atoms with Crippen molar-refractivity contribution in [3.8, 4) is 0 Å². The van der Waals surface area contributed by atoms with Gasteiger partial charge in [-0.05, 0) is 44.7 Å². The Morgan fingerprint density at radius 1 is 1.31 bits per heavy atom. The van der Waals surface area contributed by atoms with Crippen LogP contribution in [0.3, 0.4) is 0 Å². The summed E-state index contributed by atoms with van der Waals surface area (Å²) in [6.45, 7) is 10.0. The molecule has 0 radical (unpaired) electrons. The second-order valence-electron chi connectivity index (χ2n) is 7.85. The van der Waals surface area contributed by atoms with E-state index in [2.05, 4.69) is 24.1 Å². The largest absolute Gasteiger partial charge is 0.463 e. The molecule has 1 N–H and O–H groups in total.